The number of rotatable bonds is 7. The number of allylic oxidation sites excluding steroid dienone is 1. The van der Waals surface area contributed by atoms with Gasteiger partial charge in [-0.1, -0.05) is 23.4 Å². The molecule has 1 aliphatic rings. The van der Waals surface area contributed by atoms with Gasteiger partial charge in [0.2, 0.25) is 11.1 Å². The minimum Gasteiger partial charge on any atom is -0.469 e. The molecular weight excluding hydrogens is 350 g/mol. The van der Waals surface area contributed by atoms with Crippen molar-refractivity contribution in [1.29, 1.82) is 0 Å². The standard InChI is InChI=1S/C18H25N5O2S/c1-12-15(9-11-25-12)16-21-22-18(23(16)19)26-13(2)17(24)20-10-8-14-6-4-3-5-7-14/h6,9,11,13H,3-5,7-8,10,19H2,1-2H3,(H,20,24). The Morgan fingerprint density at radius 3 is 3.00 bits per heavy atom. The number of hydrogen-bond donors (Lipinski definition) is 2. The predicted octanol–water partition coefficient (Wildman–Crippen LogP) is 3.05. The number of nitrogens with one attached hydrogen (secondary N) is 1. The minimum absolute atomic E-state index is 0.0181. The van der Waals surface area contributed by atoms with E-state index < -0.39 is 0 Å². The maximum Gasteiger partial charge on any atom is 0.233 e. The van der Waals surface area contributed by atoms with E-state index in [0.717, 1.165) is 24.2 Å². The Bertz CT molecular complexity index is 795. The number of nitrogens with two attached hydrogens (primary N) is 1. The van der Waals surface area contributed by atoms with Gasteiger partial charge in [-0.25, -0.2) is 4.68 Å². The molecule has 8 heteroatoms. The van der Waals surface area contributed by atoms with E-state index in [-0.39, 0.29) is 11.2 Å². The highest BCUT2D eigenvalue weighted by molar-refractivity contribution is 8.00. The minimum atomic E-state index is -0.305. The maximum absolute atomic E-state index is 12.3. The maximum atomic E-state index is 12.3. The molecule has 0 radical (unpaired) electrons. The number of nitrogens with zero attached hydrogens (tertiary/aromatic N) is 3. The summed E-state index contributed by atoms with van der Waals surface area (Å²) in [5.74, 6) is 7.33. The van der Waals surface area contributed by atoms with Crippen molar-refractivity contribution >= 4 is 17.7 Å². The number of carbonyl (C=O) groups is 1. The third-order valence-electron chi connectivity index (χ3n) is 4.55. The van der Waals surface area contributed by atoms with E-state index >= 15 is 0 Å². The monoisotopic (exact) mass is 375 g/mol. The van der Waals surface area contributed by atoms with Gasteiger partial charge >= 0.3 is 0 Å². The molecule has 2 aromatic heterocycles. The van der Waals surface area contributed by atoms with Gasteiger partial charge in [0.1, 0.15) is 5.76 Å². The number of aromatic nitrogens is 3. The fourth-order valence-electron chi connectivity index (χ4n) is 2.99. The van der Waals surface area contributed by atoms with Gasteiger partial charge in [-0.2, -0.15) is 0 Å². The largest absolute Gasteiger partial charge is 0.469 e. The van der Waals surface area contributed by atoms with Gasteiger partial charge in [-0.3, -0.25) is 4.79 Å². The van der Waals surface area contributed by atoms with E-state index in [2.05, 4.69) is 21.6 Å². The van der Waals surface area contributed by atoms with E-state index in [0.29, 0.717) is 17.5 Å². The summed E-state index contributed by atoms with van der Waals surface area (Å²) in [7, 11) is 0. The average molecular weight is 375 g/mol. The molecule has 0 fully saturated rings. The van der Waals surface area contributed by atoms with Crippen LogP contribution >= 0.6 is 11.8 Å². The van der Waals surface area contributed by atoms with Crippen molar-refractivity contribution in [3.05, 3.63) is 29.7 Å². The lowest BCUT2D eigenvalue weighted by Crippen LogP contribution is -2.32. The van der Waals surface area contributed by atoms with Crippen LogP contribution in [0, 0.1) is 6.92 Å². The Morgan fingerprint density at radius 1 is 1.46 bits per heavy atom. The van der Waals surface area contributed by atoms with E-state index in [1.165, 1.54) is 41.3 Å². The second-order valence-electron chi connectivity index (χ2n) is 6.48. The Kier molecular flexibility index (Phi) is 6.03. The van der Waals surface area contributed by atoms with Crippen LogP contribution in [-0.4, -0.2) is 32.6 Å². The highest BCUT2D eigenvalue weighted by Gasteiger charge is 2.21. The Labute approximate surface area is 157 Å². The molecule has 3 rings (SSSR count). The lowest BCUT2D eigenvalue weighted by molar-refractivity contribution is -0.120. The zero-order chi connectivity index (χ0) is 18.5. The molecule has 26 heavy (non-hydrogen) atoms. The van der Waals surface area contributed by atoms with Crippen molar-refractivity contribution in [3.63, 3.8) is 0 Å². The number of furan rings is 1. The molecule has 1 amide bonds. The smallest absolute Gasteiger partial charge is 0.233 e. The molecule has 140 valence electrons. The third kappa shape index (κ3) is 4.30. The summed E-state index contributed by atoms with van der Waals surface area (Å²) < 4.78 is 6.69. The first-order valence-corrected chi connectivity index (χ1v) is 9.81. The van der Waals surface area contributed by atoms with Crippen molar-refractivity contribution in [2.45, 2.75) is 56.4 Å². The van der Waals surface area contributed by atoms with Crippen molar-refractivity contribution in [2.24, 2.45) is 0 Å². The average Bonchev–Trinajstić information content (AvgIpc) is 3.21. The molecule has 1 aliphatic carbocycles. The van der Waals surface area contributed by atoms with E-state index in [1.54, 1.807) is 12.3 Å². The summed E-state index contributed by atoms with van der Waals surface area (Å²) in [5.41, 5.74) is 2.25. The molecule has 2 aromatic rings. The number of thioether (sulfide) groups is 1. The molecule has 1 atom stereocenters. The predicted molar refractivity (Wildman–Crippen MR) is 102 cm³/mol. The molecule has 0 aliphatic heterocycles. The number of aryl methyl sites for hydroxylation is 1. The summed E-state index contributed by atoms with van der Waals surface area (Å²) in [5, 5.41) is 11.4. The zero-order valence-corrected chi connectivity index (χ0v) is 16.0. The summed E-state index contributed by atoms with van der Waals surface area (Å²) in [4.78, 5) is 12.3. The quantitative estimate of drug-likeness (QED) is 0.438. The summed E-state index contributed by atoms with van der Waals surface area (Å²) in [6.07, 6.45) is 9.70. The molecule has 1 unspecified atom stereocenters. The fraction of sp³-hybridized carbons (Fsp3) is 0.500. The lowest BCUT2D eigenvalue weighted by Gasteiger charge is -2.14. The number of amides is 1. The Balaban J connectivity index is 1.53. The highest BCUT2D eigenvalue weighted by Crippen LogP contribution is 2.27. The van der Waals surface area contributed by atoms with Gasteiger partial charge in [0.25, 0.3) is 0 Å². The van der Waals surface area contributed by atoms with Crippen LogP contribution in [0.3, 0.4) is 0 Å². The summed E-state index contributed by atoms with van der Waals surface area (Å²) in [6.45, 7) is 4.36. The third-order valence-corrected chi connectivity index (χ3v) is 5.60. The van der Waals surface area contributed by atoms with Crippen LogP contribution in [0.4, 0.5) is 0 Å². The van der Waals surface area contributed by atoms with Crippen LogP contribution in [-0.2, 0) is 4.79 Å². The number of hydrogen-bond acceptors (Lipinski definition) is 6. The molecule has 0 bridgehead atoms. The first-order valence-electron chi connectivity index (χ1n) is 8.93. The normalized spacial score (nSPS) is 15.5. The van der Waals surface area contributed by atoms with Crippen LogP contribution in [0.15, 0.2) is 33.6 Å². The first kappa shape index (κ1) is 18.6. The topological polar surface area (TPSA) is 99.0 Å². The van der Waals surface area contributed by atoms with E-state index in [4.69, 9.17) is 10.3 Å². The second kappa shape index (κ2) is 8.44. The van der Waals surface area contributed by atoms with Crippen LogP contribution in [0.5, 0.6) is 0 Å². The highest BCUT2D eigenvalue weighted by atomic mass is 32.2. The molecule has 0 saturated heterocycles. The molecule has 3 N–H and O–H groups in total. The Hall–Kier alpha value is -2.22. The van der Waals surface area contributed by atoms with Crippen LogP contribution < -0.4 is 11.2 Å². The van der Waals surface area contributed by atoms with E-state index in [9.17, 15) is 4.79 Å². The Morgan fingerprint density at radius 2 is 2.31 bits per heavy atom. The molecule has 0 aromatic carbocycles. The molecule has 0 saturated carbocycles. The number of nitrogen functional groups attached to an aromatic ring is 1. The number of carbonyl (C=O) groups excluding carboxylic acids is 1. The molecule has 0 spiro atoms. The van der Waals surface area contributed by atoms with Crippen LogP contribution in [0.25, 0.3) is 11.4 Å². The SMILES string of the molecule is Cc1occc1-c1nnc(SC(C)C(=O)NCCC2=CCCCC2)n1N. The molecular formula is C18H25N5O2S. The van der Waals surface area contributed by atoms with Crippen LogP contribution in [0.2, 0.25) is 0 Å². The van der Waals surface area contributed by atoms with Crippen LogP contribution in [0.1, 0.15) is 44.8 Å². The van der Waals surface area contributed by atoms with Crippen molar-refractivity contribution in [3.8, 4) is 11.4 Å². The lowest BCUT2D eigenvalue weighted by atomic mass is 9.97. The fourth-order valence-corrected chi connectivity index (χ4v) is 3.79. The molecule has 2 heterocycles. The second-order valence-corrected chi connectivity index (χ2v) is 7.78. The van der Waals surface area contributed by atoms with Gasteiger partial charge in [-0.05, 0) is 52.0 Å². The van der Waals surface area contributed by atoms with Gasteiger partial charge in [0.05, 0.1) is 17.1 Å². The van der Waals surface area contributed by atoms with Crippen molar-refractivity contribution in [2.75, 3.05) is 12.4 Å². The zero-order valence-electron chi connectivity index (χ0n) is 15.2. The van der Waals surface area contributed by atoms with Gasteiger partial charge < -0.3 is 15.6 Å². The van der Waals surface area contributed by atoms with Gasteiger partial charge in [0, 0.05) is 6.54 Å². The summed E-state index contributed by atoms with van der Waals surface area (Å²) in [6, 6.07) is 1.80. The van der Waals surface area contributed by atoms with Crippen molar-refractivity contribution < 1.29 is 9.21 Å². The first-order chi connectivity index (χ1) is 12.6. The summed E-state index contributed by atoms with van der Waals surface area (Å²) >= 11 is 1.30. The van der Waals surface area contributed by atoms with Gasteiger partial charge in [0.15, 0.2) is 5.82 Å². The van der Waals surface area contributed by atoms with Crippen molar-refractivity contribution in [1.82, 2.24) is 20.2 Å². The van der Waals surface area contributed by atoms with E-state index in [1.807, 2.05) is 13.8 Å². The van der Waals surface area contributed by atoms with Gasteiger partial charge in [-0.15, -0.1) is 10.2 Å². The molecule has 7 nitrogen and oxygen atoms in total.